The highest BCUT2D eigenvalue weighted by atomic mass is 16.1. The molecule has 0 aromatic heterocycles. The Morgan fingerprint density at radius 1 is 1.44 bits per heavy atom. The molecule has 0 heterocycles. The molecule has 88 valence electrons. The van der Waals surface area contributed by atoms with Crippen LogP contribution in [0.3, 0.4) is 0 Å². The average molecular weight is 221 g/mol. The highest BCUT2D eigenvalue weighted by Crippen LogP contribution is 2.18. The summed E-state index contributed by atoms with van der Waals surface area (Å²) in [5, 5.41) is 2.76. The standard InChI is InChI=1S/C12H19N3O/c1-4-14-12(16)8-15(3)11-6-9(2)5-10(13)7-11/h5-7H,4,8,13H2,1-3H3,(H,14,16). The third-order valence-electron chi connectivity index (χ3n) is 2.28. The third-order valence-corrected chi connectivity index (χ3v) is 2.28. The van der Waals surface area contributed by atoms with Crippen molar-refractivity contribution in [2.24, 2.45) is 0 Å². The molecular weight excluding hydrogens is 202 g/mol. The van der Waals surface area contributed by atoms with Gasteiger partial charge in [-0.25, -0.2) is 0 Å². The van der Waals surface area contributed by atoms with E-state index in [-0.39, 0.29) is 5.91 Å². The lowest BCUT2D eigenvalue weighted by Gasteiger charge is -2.19. The number of carbonyl (C=O) groups is 1. The second kappa shape index (κ2) is 5.39. The van der Waals surface area contributed by atoms with Crippen LogP contribution >= 0.6 is 0 Å². The van der Waals surface area contributed by atoms with Crippen molar-refractivity contribution in [1.29, 1.82) is 0 Å². The number of carbonyl (C=O) groups excluding carboxylic acids is 1. The van der Waals surface area contributed by atoms with Gasteiger partial charge in [-0.3, -0.25) is 4.79 Å². The van der Waals surface area contributed by atoms with Gasteiger partial charge in [0.1, 0.15) is 0 Å². The van der Waals surface area contributed by atoms with Crippen LogP contribution < -0.4 is 16.0 Å². The van der Waals surface area contributed by atoms with Gasteiger partial charge in [0, 0.05) is 25.0 Å². The second-order valence-corrected chi connectivity index (χ2v) is 3.91. The molecule has 0 bridgehead atoms. The third kappa shape index (κ3) is 3.46. The fourth-order valence-electron chi connectivity index (χ4n) is 1.57. The Morgan fingerprint density at radius 2 is 2.12 bits per heavy atom. The predicted molar refractivity (Wildman–Crippen MR) is 67.5 cm³/mol. The number of benzene rings is 1. The van der Waals surface area contributed by atoms with E-state index < -0.39 is 0 Å². The Balaban J connectivity index is 2.72. The van der Waals surface area contributed by atoms with Gasteiger partial charge in [-0.2, -0.15) is 0 Å². The number of amides is 1. The van der Waals surface area contributed by atoms with Gasteiger partial charge < -0.3 is 16.0 Å². The average Bonchev–Trinajstić information content (AvgIpc) is 2.16. The predicted octanol–water partition coefficient (Wildman–Crippen LogP) is 1.15. The summed E-state index contributed by atoms with van der Waals surface area (Å²) < 4.78 is 0. The van der Waals surface area contributed by atoms with Gasteiger partial charge in [-0.15, -0.1) is 0 Å². The molecule has 0 saturated heterocycles. The summed E-state index contributed by atoms with van der Waals surface area (Å²) in [5.41, 5.74) is 8.54. The van der Waals surface area contributed by atoms with E-state index in [0.29, 0.717) is 13.1 Å². The molecule has 0 atom stereocenters. The summed E-state index contributed by atoms with van der Waals surface area (Å²) in [5.74, 6) is 0.0186. The van der Waals surface area contributed by atoms with Gasteiger partial charge >= 0.3 is 0 Å². The molecule has 16 heavy (non-hydrogen) atoms. The number of nitrogens with zero attached hydrogens (tertiary/aromatic N) is 1. The minimum absolute atomic E-state index is 0.0186. The number of hydrogen-bond acceptors (Lipinski definition) is 3. The maximum absolute atomic E-state index is 11.4. The van der Waals surface area contributed by atoms with Gasteiger partial charge in [0.05, 0.1) is 6.54 Å². The number of aryl methyl sites for hydroxylation is 1. The highest BCUT2D eigenvalue weighted by molar-refractivity contribution is 5.81. The summed E-state index contributed by atoms with van der Waals surface area (Å²) in [6.07, 6.45) is 0. The quantitative estimate of drug-likeness (QED) is 0.750. The number of likely N-dealkylation sites (N-methyl/N-ethyl adjacent to an activating group) is 2. The molecule has 1 rings (SSSR count). The lowest BCUT2D eigenvalue weighted by Crippen LogP contribution is -2.34. The zero-order valence-corrected chi connectivity index (χ0v) is 10.1. The van der Waals surface area contributed by atoms with Crippen molar-refractivity contribution in [3.8, 4) is 0 Å². The fraction of sp³-hybridized carbons (Fsp3) is 0.417. The summed E-state index contributed by atoms with van der Waals surface area (Å²) in [6.45, 7) is 4.89. The summed E-state index contributed by atoms with van der Waals surface area (Å²) in [6, 6.07) is 5.78. The van der Waals surface area contributed by atoms with Gasteiger partial charge in [0.15, 0.2) is 0 Å². The van der Waals surface area contributed by atoms with E-state index in [0.717, 1.165) is 16.9 Å². The van der Waals surface area contributed by atoms with Gasteiger partial charge in [0.2, 0.25) is 5.91 Å². The lowest BCUT2D eigenvalue weighted by atomic mass is 10.2. The van der Waals surface area contributed by atoms with Crippen LogP contribution in [0.5, 0.6) is 0 Å². The zero-order valence-electron chi connectivity index (χ0n) is 10.1. The first kappa shape index (κ1) is 12.4. The van der Waals surface area contributed by atoms with E-state index in [4.69, 9.17) is 5.73 Å². The Morgan fingerprint density at radius 3 is 2.69 bits per heavy atom. The molecule has 0 unspecified atom stereocenters. The number of anilines is 2. The van der Waals surface area contributed by atoms with Crippen molar-refractivity contribution < 1.29 is 4.79 Å². The molecule has 4 heteroatoms. The van der Waals surface area contributed by atoms with Crippen LogP contribution in [0, 0.1) is 6.92 Å². The van der Waals surface area contributed by atoms with Crippen LogP contribution in [0.15, 0.2) is 18.2 Å². The van der Waals surface area contributed by atoms with E-state index in [2.05, 4.69) is 5.32 Å². The molecular formula is C12H19N3O. The Hall–Kier alpha value is -1.71. The van der Waals surface area contributed by atoms with Gasteiger partial charge in [-0.05, 0) is 37.6 Å². The van der Waals surface area contributed by atoms with E-state index in [9.17, 15) is 4.79 Å². The van der Waals surface area contributed by atoms with Gasteiger partial charge in [-0.1, -0.05) is 0 Å². The minimum Gasteiger partial charge on any atom is -0.399 e. The number of hydrogen-bond donors (Lipinski definition) is 2. The number of nitrogen functional groups attached to an aromatic ring is 1. The molecule has 4 nitrogen and oxygen atoms in total. The van der Waals surface area contributed by atoms with E-state index >= 15 is 0 Å². The van der Waals surface area contributed by atoms with Crippen LogP contribution in [0.1, 0.15) is 12.5 Å². The smallest absolute Gasteiger partial charge is 0.239 e. The summed E-state index contributed by atoms with van der Waals surface area (Å²) in [7, 11) is 1.88. The maximum Gasteiger partial charge on any atom is 0.239 e. The minimum atomic E-state index is 0.0186. The molecule has 0 aliphatic rings. The molecule has 0 aliphatic heterocycles. The number of nitrogens with two attached hydrogens (primary N) is 1. The first-order chi connectivity index (χ1) is 7.52. The largest absolute Gasteiger partial charge is 0.399 e. The van der Waals surface area contributed by atoms with Crippen LogP contribution in [-0.4, -0.2) is 26.0 Å². The van der Waals surface area contributed by atoms with E-state index in [1.54, 1.807) is 0 Å². The molecule has 1 amide bonds. The summed E-state index contributed by atoms with van der Waals surface area (Å²) in [4.78, 5) is 13.3. The van der Waals surface area contributed by atoms with E-state index in [1.807, 2.05) is 44.0 Å². The monoisotopic (exact) mass is 221 g/mol. The first-order valence-electron chi connectivity index (χ1n) is 5.38. The maximum atomic E-state index is 11.4. The Kier molecular flexibility index (Phi) is 4.17. The van der Waals surface area contributed by atoms with Crippen molar-refractivity contribution in [2.45, 2.75) is 13.8 Å². The zero-order chi connectivity index (χ0) is 12.1. The first-order valence-corrected chi connectivity index (χ1v) is 5.38. The van der Waals surface area contributed by atoms with Crippen LogP contribution in [0.2, 0.25) is 0 Å². The molecule has 3 N–H and O–H groups in total. The van der Waals surface area contributed by atoms with Crippen LogP contribution in [-0.2, 0) is 4.79 Å². The Labute approximate surface area is 96.4 Å². The topological polar surface area (TPSA) is 58.4 Å². The van der Waals surface area contributed by atoms with Gasteiger partial charge in [0.25, 0.3) is 0 Å². The summed E-state index contributed by atoms with van der Waals surface area (Å²) >= 11 is 0. The molecule has 0 radical (unpaired) electrons. The fourth-order valence-corrected chi connectivity index (χ4v) is 1.57. The van der Waals surface area contributed by atoms with Crippen molar-refractivity contribution in [3.05, 3.63) is 23.8 Å². The Bertz CT molecular complexity index is 356. The lowest BCUT2D eigenvalue weighted by molar-refractivity contribution is -0.119. The number of rotatable bonds is 4. The molecule has 1 aromatic rings. The van der Waals surface area contributed by atoms with Crippen molar-refractivity contribution in [3.63, 3.8) is 0 Å². The van der Waals surface area contributed by atoms with Crippen LogP contribution in [0.4, 0.5) is 11.4 Å². The molecule has 1 aromatic carbocycles. The normalized spacial score (nSPS) is 9.94. The van der Waals surface area contributed by atoms with Crippen LogP contribution in [0.25, 0.3) is 0 Å². The number of nitrogens with one attached hydrogen (secondary N) is 1. The molecule has 0 saturated carbocycles. The van der Waals surface area contributed by atoms with Crippen molar-refractivity contribution >= 4 is 17.3 Å². The SMILES string of the molecule is CCNC(=O)CN(C)c1cc(C)cc(N)c1. The van der Waals surface area contributed by atoms with E-state index in [1.165, 1.54) is 0 Å². The van der Waals surface area contributed by atoms with Crippen molar-refractivity contribution in [2.75, 3.05) is 30.8 Å². The van der Waals surface area contributed by atoms with Crippen molar-refractivity contribution in [1.82, 2.24) is 5.32 Å². The molecule has 0 aliphatic carbocycles. The molecule has 0 spiro atoms. The second-order valence-electron chi connectivity index (χ2n) is 3.91. The molecule has 0 fully saturated rings. The highest BCUT2D eigenvalue weighted by Gasteiger charge is 2.07.